The second-order valence-electron chi connectivity index (χ2n) is 4.61. The lowest BCUT2D eigenvalue weighted by molar-refractivity contribution is -0.173. The molecule has 0 aliphatic heterocycles. The number of carbonyl (C=O) groups is 2. The molecule has 0 aromatic carbocycles. The SMILES string of the molecule is CCC(=O)ON(C)C(=O)N(Cc1cccs1)Cc1cccs1. The van der Waals surface area contributed by atoms with Gasteiger partial charge >= 0.3 is 12.0 Å². The first-order valence-corrected chi connectivity index (χ1v) is 8.64. The van der Waals surface area contributed by atoms with E-state index in [4.69, 9.17) is 4.84 Å². The zero-order valence-corrected chi connectivity index (χ0v) is 14.2. The van der Waals surface area contributed by atoms with E-state index in [0.29, 0.717) is 13.1 Å². The molecule has 2 amide bonds. The van der Waals surface area contributed by atoms with Crippen molar-refractivity contribution in [1.29, 1.82) is 0 Å². The molecule has 0 atom stereocenters. The third-order valence-corrected chi connectivity index (χ3v) is 4.64. The van der Waals surface area contributed by atoms with Gasteiger partial charge in [0.1, 0.15) is 0 Å². The third-order valence-electron chi connectivity index (χ3n) is 2.92. The number of nitrogens with zero attached hydrogens (tertiary/aromatic N) is 2. The van der Waals surface area contributed by atoms with Crippen LogP contribution in [0, 0.1) is 0 Å². The molecular formula is C15H18N2O3S2. The summed E-state index contributed by atoms with van der Waals surface area (Å²) in [5.41, 5.74) is 0. The third kappa shape index (κ3) is 4.57. The molecule has 0 saturated carbocycles. The van der Waals surface area contributed by atoms with E-state index in [1.165, 1.54) is 7.05 Å². The smallest absolute Gasteiger partial charge is 0.337 e. The summed E-state index contributed by atoms with van der Waals surface area (Å²) < 4.78 is 0. The summed E-state index contributed by atoms with van der Waals surface area (Å²) in [4.78, 5) is 32.7. The number of rotatable bonds is 5. The highest BCUT2D eigenvalue weighted by Crippen LogP contribution is 2.18. The lowest BCUT2D eigenvalue weighted by Crippen LogP contribution is -2.41. The van der Waals surface area contributed by atoms with Gasteiger partial charge in [0.25, 0.3) is 0 Å². The van der Waals surface area contributed by atoms with Crippen LogP contribution in [0.15, 0.2) is 35.0 Å². The number of carbonyl (C=O) groups excluding carboxylic acids is 2. The Kier molecular flexibility index (Phi) is 5.97. The summed E-state index contributed by atoms with van der Waals surface area (Å²) in [5, 5.41) is 4.96. The molecule has 0 spiro atoms. The van der Waals surface area contributed by atoms with Crippen LogP contribution < -0.4 is 0 Å². The monoisotopic (exact) mass is 338 g/mol. The standard InChI is InChI=1S/C15H18N2O3S2/c1-3-14(18)20-16(2)15(19)17(10-12-6-4-8-21-12)11-13-7-5-9-22-13/h4-9H,3,10-11H2,1-2H3. The predicted octanol–water partition coefficient (Wildman–Crippen LogP) is 3.73. The van der Waals surface area contributed by atoms with Crippen LogP contribution in [0.3, 0.4) is 0 Å². The normalized spacial score (nSPS) is 10.3. The molecule has 2 aromatic rings. The average Bonchev–Trinajstić information content (AvgIpc) is 3.19. The molecule has 2 heterocycles. The molecule has 2 aromatic heterocycles. The molecular weight excluding hydrogens is 320 g/mol. The van der Waals surface area contributed by atoms with Gasteiger partial charge in [-0.05, 0) is 22.9 Å². The molecule has 22 heavy (non-hydrogen) atoms. The Labute approximate surface area is 137 Å². The molecule has 0 aliphatic rings. The maximum Gasteiger partial charge on any atom is 0.353 e. The number of urea groups is 1. The van der Waals surface area contributed by atoms with Gasteiger partial charge in [-0.3, -0.25) is 0 Å². The van der Waals surface area contributed by atoms with Gasteiger partial charge in [-0.2, -0.15) is 5.06 Å². The number of amides is 2. The molecule has 0 N–H and O–H groups in total. The number of hydrogen-bond donors (Lipinski definition) is 0. The predicted molar refractivity (Wildman–Crippen MR) is 87.4 cm³/mol. The van der Waals surface area contributed by atoms with Crippen molar-refractivity contribution in [2.24, 2.45) is 0 Å². The molecule has 2 rings (SSSR count). The van der Waals surface area contributed by atoms with Crippen LogP contribution in [0.4, 0.5) is 4.79 Å². The maximum atomic E-state index is 12.5. The maximum absolute atomic E-state index is 12.5. The van der Waals surface area contributed by atoms with Crippen LogP contribution in [0.5, 0.6) is 0 Å². The second-order valence-corrected chi connectivity index (χ2v) is 6.68. The Morgan fingerprint density at radius 2 is 1.64 bits per heavy atom. The van der Waals surface area contributed by atoms with E-state index in [1.54, 1.807) is 34.5 Å². The van der Waals surface area contributed by atoms with E-state index in [2.05, 4.69) is 0 Å². The first-order valence-electron chi connectivity index (χ1n) is 6.88. The topological polar surface area (TPSA) is 49.9 Å². The van der Waals surface area contributed by atoms with Crippen molar-refractivity contribution in [1.82, 2.24) is 9.96 Å². The van der Waals surface area contributed by atoms with E-state index in [9.17, 15) is 9.59 Å². The summed E-state index contributed by atoms with van der Waals surface area (Å²) >= 11 is 3.19. The fourth-order valence-electron chi connectivity index (χ4n) is 1.83. The summed E-state index contributed by atoms with van der Waals surface area (Å²) in [7, 11) is 1.46. The summed E-state index contributed by atoms with van der Waals surface area (Å²) in [5.74, 6) is -0.428. The number of hydrogen-bond acceptors (Lipinski definition) is 5. The molecule has 0 aliphatic carbocycles. The zero-order valence-electron chi connectivity index (χ0n) is 12.5. The van der Waals surface area contributed by atoms with Gasteiger partial charge in [0.15, 0.2) is 0 Å². The molecule has 7 heteroatoms. The van der Waals surface area contributed by atoms with Gasteiger partial charge in [0, 0.05) is 16.2 Å². The van der Waals surface area contributed by atoms with Crippen LogP contribution >= 0.6 is 22.7 Å². The van der Waals surface area contributed by atoms with Crippen LogP contribution in [-0.4, -0.2) is 29.0 Å². The summed E-state index contributed by atoms with van der Waals surface area (Å²) in [6.45, 7) is 2.67. The minimum absolute atomic E-state index is 0.230. The lowest BCUT2D eigenvalue weighted by Gasteiger charge is -2.26. The van der Waals surface area contributed by atoms with Crippen molar-refractivity contribution in [3.8, 4) is 0 Å². The van der Waals surface area contributed by atoms with Crippen LogP contribution in [0.1, 0.15) is 23.1 Å². The number of hydroxylamine groups is 2. The largest absolute Gasteiger partial charge is 0.353 e. The summed E-state index contributed by atoms with van der Waals surface area (Å²) in [6.07, 6.45) is 0.230. The van der Waals surface area contributed by atoms with E-state index < -0.39 is 5.97 Å². The Bertz CT molecular complexity index is 560. The van der Waals surface area contributed by atoms with Crippen molar-refractivity contribution in [2.75, 3.05) is 7.05 Å². The highest BCUT2D eigenvalue weighted by molar-refractivity contribution is 7.10. The van der Waals surface area contributed by atoms with Crippen molar-refractivity contribution in [3.63, 3.8) is 0 Å². The van der Waals surface area contributed by atoms with Gasteiger partial charge in [-0.15, -0.1) is 22.7 Å². The average molecular weight is 338 g/mol. The van der Waals surface area contributed by atoms with E-state index in [-0.39, 0.29) is 12.5 Å². The first-order chi connectivity index (χ1) is 10.6. The Hall–Kier alpha value is -1.86. The van der Waals surface area contributed by atoms with E-state index in [0.717, 1.165) is 14.8 Å². The molecule has 0 saturated heterocycles. The van der Waals surface area contributed by atoms with Crippen LogP contribution in [0.2, 0.25) is 0 Å². The van der Waals surface area contributed by atoms with Crippen LogP contribution in [0.25, 0.3) is 0 Å². The van der Waals surface area contributed by atoms with Crippen molar-refractivity contribution >= 4 is 34.7 Å². The first kappa shape index (κ1) is 16.5. The highest BCUT2D eigenvalue weighted by atomic mass is 32.1. The quantitative estimate of drug-likeness (QED) is 0.781. The Morgan fingerprint density at radius 3 is 2.05 bits per heavy atom. The Morgan fingerprint density at radius 1 is 1.09 bits per heavy atom. The van der Waals surface area contributed by atoms with Crippen molar-refractivity contribution in [3.05, 3.63) is 44.8 Å². The van der Waals surface area contributed by atoms with Gasteiger partial charge in [-0.1, -0.05) is 19.1 Å². The lowest BCUT2D eigenvalue weighted by atomic mass is 10.4. The van der Waals surface area contributed by atoms with E-state index >= 15 is 0 Å². The van der Waals surface area contributed by atoms with Gasteiger partial charge in [0.05, 0.1) is 20.1 Å². The molecule has 0 fully saturated rings. The minimum Gasteiger partial charge on any atom is -0.337 e. The van der Waals surface area contributed by atoms with Crippen molar-refractivity contribution in [2.45, 2.75) is 26.4 Å². The van der Waals surface area contributed by atoms with Crippen LogP contribution in [-0.2, 0) is 22.7 Å². The number of thiophene rings is 2. The summed E-state index contributed by atoms with van der Waals surface area (Å²) in [6, 6.07) is 7.54. The van der Waals surface area contributed by atoms with Gasteiger partial charge in [-0.25, -0.2) is 9.59 Å². The van der Waals surface area contributed by atoms with E-state index in [1.807, 2.05) is 35.0 Å². The Balaban J connectivity index is 2.08. The molecule has 118 valence electrons. The van der Waals surface area contributed by atoms with Crippen molar-refractivity contribution < 1.29 is 14.4 Å². The molecule has 0 bridgehead atoms. The molecule has 5 nitrogen and oxygen atoms in total. The minimum atomic E-state index is -0.428. The second kappa shape index (κ2) is 7.95. The zero-order chi connectivity index (χ0) is 15.9. The fourth-order valence-corrected chi connectivity index (χ4v) is 3.27. The van der Waals surface area contributed by atoms with Gasteiger partial charge < -0.3 is 9.74 Å². The molecule has 0 radical (unpaired) electrons. The fraction of sp³-hybridized carbons (Fsp3) is 0.333. The molecule has 0 unspecified atom stereocenters. The van der Waals surface area contributed by atoms with Gasteiger partial charge in [0.2, 0.25) is 0 Å². The highest BCUT2D eigenvalue weighted by Gasteiger charge is 2.22.